The molecule has 3 aromatic rings. The van der Waals surface area contributed by atoms with Crippen molar-refractivity contribution in [2.24, 2.45) is 0 Å². The first-order chi connectivity index (χ1) is 10.7. The maximum absolute atomic E-state index is 11.7. The number of carbonyl (C=O) groups is 1. The highest BCUT2D eigenvalue weighted by Crippen LogP contribution is 2.34. The molecule has 0 aliphatic carbocycles. The average molecular weight is 288 g/mol. The highest BCUT2D eigenvalue weighted by molar-refractivity contribution is 6.02. The number of nitrogens with zero attached hydrogens (tertiary/aromatic N) is 2. The second-order valence-corrected chi connectivity index (χ2v) is 4.71. The van der Waals surface area contributed by atoms with Gasteiger partial charge in [0.1, 0.15) is 0 Å². The fourth-order valence-electron chi connectivity index (χ4n) is 2.42. The highest BCUT2D eigenvalue weighted by atomic mass is 16.5. The molecule has 1 aromatic heterocycles. The number of ether oxygens (including phenoxy) is 1. The molecule has 2 aromatic carbocycles. The van der Waals surface area contributed by atoms with Crippen molar-refractivity contribution < 1.29 is 9.53 Å². The molecular weight excluding hydrogens is 276 g/mol. The number of rotatable bonds is 2. The Morgan fingerprint density at radius 3 is 2.73 bits per heavy atom. The summed E-state index contributed by atoms with van der Waals surface area (Å²) in [4.78, 5) is 19.6. The normalized spacial score (nSPS) is 10.2. The lowest BCUT2D eigenvalue weighted by Gasteiger charge is -2.09. The Morgan fingerprint density at radius 1 is 1.14 bits per heavy atom. The van der Waals surface area contributed by atoms with Gasteiger partial charge >= 0.3 is 5.97 Å². The molecule has 3 rings (SSSR count). The van der Waals surface area contributed by atoms with E-state index < -0.39 is 5.97 Å². The molecule has 0 N–H and O–H groups in total. The van der Waals surface area contributed by atoms with Crippen LogP contribution in [0.15, 0.2) is 54.7 Å². The van der Waals surface area contributed by atoms with Crippen molar-refractivity contribution in [2.45, 2.75) is 0 Å². The molecule has 1 heterocycles. The zero-order valence-corrected chi connectivity index (χ0v) is 11.9. The lowest BCUT2D eigenvalue weighted by molar-refractivity contribution is 0.0601. The zero-order chi connectivity index (χ0) is 15.5. The van der Waals surface area contributed by atoms with E-state index in [1.165, 1.54) is 7.11 Å². The summed E-state index contributed by atoms with van der Waals surface area (Å²) in [7, 11) is 1.35. The fourth-order valence-corrected chi connectivity index (χ4v) is 2.42. The van der Waals surface area contributed by atoms with Gasteiger partial charge in [-0.2, -0.15) is 0 Å². The van der Waals surface area contributed by atoms with Gasteiger partial charge in [-0.3, -0.25) is 4.98 Å². The van der Waals surface area contributed by atoms with E-state index >= 15 is 0 Å². The molecule has 0 fully saturated rings. The molecule has 0 spiro atoms. The van der Waals surface area contributed by atoms with Gasteiger partial charge in [0.25, 0.3) is 0 Å². The van der Waals surface area contributed by atoms with Crippen LogP contribution in [0.25, 0.3) is 26.9 Å². The Bertz CT molecular complexity index is 910. The van der Waals surface area contributed by atoms with Gasteiger partial charge in [-0.05, 0) is 35.4 Å². The molecule has 0 saturated heterocycles. The molecular formula is C18H12N2O2. The van der Waals surface area contributed by atoms with Crippen LogP contribution in [-0.2, 0) is 4.74 Å². The van der Waals surface area contributed by atoms with E-state index in [-0.39, 0.29) is 0 Å². The van der Waals surface area contributed by atoms with E-state index in [4.69, 9.17) is 11.3 Å². The molecule has 0 aliphatic rings. The van der Waals surface area contributed by atoms with Crippen LogP contribution >= 0.6 is 0 Å². The number of benzene rings is 2. The molecule has 106 valence electrons. The standard InChI is InChI=1S/C18H12N2O2/c1-19-16-6-4-3-5-14(16)13-9-10-20-17-8-7-12(11-15(13)17)18(21)22-2/h3-11H,2H3. The zero-order valence-electron chi connectivity index (χ0n) is 11.9. The van der Waals surface area contributed by atoms with Crippen molar-refractivity contribution in [3.63, 3.8) is 0 Å². The predicted molar refractivity (Wildman–Crippen MR) is 84.8 cm³/mol. The number of hydrogen-bond donors (Lipinski definition) is 0. The monoisotopic (exact) mass is 288 g/mol. The van der Waals surface area contributed by atoms with Crippen LogP contribution < -0.4 is 0 Å². The van der Waals surface area contributed by atoms with E-state index in [0.29, 0.717) is 11.3 Å². The Morgan fingerprint density at radius 2 is 1.95 bits per heavy atom. The Kier molecular flexibility index (Phi) is 3.55. The molecule has 0 atom stereocenters. The SMILES string of the molecule is [C-]#[N+]c1ccccc1-c1ccnc2ccc(C(=O)OC)cc12. The van der Waals surface area contributed by atoms with Gasteiger partial charge in [-0.15, -0.1) is 0 Å². The van der Waals surface area contributed by atoms with E-state index in [2.05, 4.69) is 9.83 Å². The van der Waals surface area contributed by atoms with Crippen LogP contribution in [-0.4, -0.2) is 18.1 Å². The third-order valence-electron chi connectivity index (χ3n) is 3.48. The second-order valence-electron chi connectivity index (χ2n) is 4.71. The van der Waals surface area contributed by atoms with Crippen LogP contribution in [0.4, 0.5) is 5.69 Å². The molecule has 0 saturated carbocycles. The lowest BCUT2D eigenvalue weighted by Crippen LogP contribution is -2.01. The number of hydrogen-bond acceptors (Lipinski definition) is 3. The maximum atomic E-state index is 11.7. The van der Waals surface area contributed by atoms with Gasteiger partial charge in [-0.25, -0.2) is 9.64 Å². The average Bonchev–Trinajstić information content (AvgIpc) is 2.60. The molecule has 0 unspecified atom stereocenters. The summed E-state index contributed by atoms with van der Waals surface area (Å²) in [5.74, 6) is -0.393. The van der Waals surface area contributed by atoms with Gasteiger partial charge in [0.15, 0.2) is 5.69 Å². The number of pyridine rings is 1. The quantitative estimate of drug-likeness (QED) is 0.523. The molecule has 22 heavy (non-hydrogen) atoms. The molecule has 0 amide bonds. The van der Waals surface area contributed by atoms with E-state index in [0.717, 1.165) is 22.0 Å². The van der Waals surface area contributed by atoms with E-state index in [9.17, 15) is 4.79 Å². The van der Waals surface area contributed by atoms with Crippen molar-refractivity contribution in [3.8, 4) is 11.1 Å². The number of carbonyl (C=O) groups excluding carboxylic acids is 1. The number of fused-ring (bicyclic) bond motifs is 1. The van der Waals surface area contributed by atoms with Crippen molar-refractivity contribution >= 4 is 22.6 Å². The minimum absolute atomic E-state index is 0.393. The largest absolute Gasteiger partial charge is 0.465 e. The maximum Gasteiger partial charge on any atom is 0.337 e. The van der Waals surface area contributed by atoms with Gasteiger partial charge in [0.05, 0.1) is 24.8 Å². The summed E-state index contributed by atoms with van der Waals surface area (Å²) in [5.41, 5.74) is 3.50. The highest BCUT2D eigenvalue weighted by Gasteiger charge is 2.12. The first kappa shape index (κ1) is 13.8. The van der Waals surface area contributed by atoms with Crippen LogP contribution in [0.3, 0.4) is 0 Å². The van der Waals surface area contributed by atoms with Gasteiger partial charge in [-0.1, -0.05) is 24.3 Å². The van der Waals surface area contributed by atoms with Crippen LogP contribution in [0.2, 0.25) is 0 Å². The van der Waals surface area contributed by atoms with Crippen molar-refractivity contribution in [1.29, 1.82) is 0 Å². The van der Waals surface area contributed by atoms with E-state index in [1.54, 1.807) is 30.5 Å². The van der Waals surface area contributed by atoms with Crippen LogP contribution in [0.5, 0.6) is 0 Å². The van der Waals surface area contributed by atoms with Crippen molar-refractivity contribution in [3.05, 3.63) is 71.7 Å². The minimum atomic E-state index is -0.393. The number of aromatic nitrogens is 1. The van der Waals surface area contributed by atoms with E-state index in [1.807, 2.05) is 24.3 Å². The van der Waals surface area contributed by atoms with Gasteiger partial charge in [0, 0.05) is 11.6 Å². The Hall–Kier alpha value is -3.19. The fraction of sp³-hybridized carbons (Fsp3) is 0.0556. The molecule has 4 heteroatoms. The topological polar surface area (TPSA) is 43.5 Å². The van der Waals surface area contributed by atoms with Gasteiger partial charge in [0.2, 0.25) is 0 Å². The summed E-state index contributed by atoms with van der Waals surface area (Å²) in [5, 5.41) is 0.821. The Labute approximate surface area is 127 Å². The lowest BCUT2D eigenvalue weighted by atomic mass is 9.98. The third kappa shape index (κ3) is 2.29. The summed E-state index contributed by atoms with van der Waals surface area (Å²) in [6, 6.07) is 14.5. The number of methoxy groups -OCH3 is 1. The molecule has 4 nitrogen and oxygen atoms in total. The minimum Gasteiger partial charge on any atom is -0.465 e. The van der Waals surface area contributed by atoms with Crippen molar-refractivity contribution in [2.75, 3.05) is 7.11 Å². The van der Waals surface area contributed by atoms with Crippen molar-refractivity contribution in [1.82, 2.24) is 4.98 Å². The summed E-state index contributed by atoms with van der Waals surface area (Å²) >= 11 is 0. The first-order valence-electron chi connectivity index (χ1n) is 6.68. The summed E-state index contributed by atoms with van der Waals surface area (Å²) in [6.45, 7) is 7.32. The second kappa shape index (κ2) is 5.66. The Balaban J connectivity index is 2.30. The molecule has 0 radical (unpaired) electrons. The summed E-state index contributed by atoms with van der Waals surface area (Å²) in [6.07, 6.45) is 1.70. The van der Waals surface area contributed by atoms with Crippen LogP contribution in [0.1, 0.15) is 10.4 Å². The van der Waals surface area contributed by atoms with Gasteiger partial charge < -0.3 is 4.74 Å². The van der Waals surface area contributed by atoms with Crippen LogP contribution in [0, 0.1) is 6.57 Å². The predicted octanol–water partition coefficient (Wildman–Crippen LogP) is 4.24. The molecule has 0 bridgehead atoms. The molecule has 0 aliphatic heterocycles. The summed E-state index contributed by atoms with van der Waals surface area (Å²) < 4.78 is 4.77. The third-order valence-corrected chi connectivity index (χ3v) is 3.48. The smallest absolute Gasteiger partial charge is 0.337 e. The number of esters is 1. The first-order valence-corrected chi connectivity index (χ1v) is 6.68. The number of para-hydroxylation sites is 1.